The number of rotatable bonds is 4. The summed E-state index contributed by atoms with van der Waals surface area (Å²) in [6, 6.07) is 1.68. The first-order valence-corrected chi connectivity index (χ1v) is 7.14. The van der Waals surface area contributed by atoms with Crippen molar-refractivity contribution in [1.82, 2.24) is 14.6 Å². The van der Waals surface area contributed by atoms with Gasteiger partial charge in [-0.2, -0.15) is 5.10 Å². The van der Waals surface area contributed by atoms with E-state index in [2.05, 4.69) is 26.0 Å². The molecule has 0 unspecified atom stereocenters. The van der Waals surface area contributed by atoms with E-state index in [1.807, 2.05) is 13.8 Å². The van der Waals surface area contributed by atoms with Crippen LogP contribution in [0.1, 0.15) is 48.6 Å². The minimum absolute atomic E-state index is 0.145. The predicted octanol–water partition coefficient (Wildman–Crippen LogP) is 2.28. The lowest BCUT2D eigenvalue weighted by atomic mass is 10.1. The van der Waals surface area contributed by atoms with Gasteiger partial charge in [-0.25, -0.2) is 14.3 Å². The second kappa shape index (κ2) is 5.88. The maximum absolute atomic E-state index is 11.9. The van der Waals surface area contributed by atoms with Crippen LogP contribution >= 0.6 is 15.9 Å². The Bertz CT molecular complexity index is 652. The molecule has 0 spiro atoms. The fourth-order valence-corrected chi connectivity index (χ4v) is 2.34. The number of fused-ring (bicyclic) bond motifs is 1. The molecule has 0 amide bonds. The highest BCUT2D eigenvalue weighted by Gasteiger charge is 2.19. The van der Waals surface area contributed by atoms with E-state index in [4.69, 9.17) is 4.74 Å². The molecule has 108 valence electrons. The highest BCUT2D eigenvalue weighted by Crippen LogP contribution is 2.25. The van der Waals surface area contributed by atoms with Crippen molar-refractivity contribution >= 4 is 27.5 Å². The fraction of sp³-hybridized carbons (Fsp3) is 0.462. The highest BCUT2D eigenvalue weighted by atomic mass is 79.9. The molecule has 0 aliphatic carbocycles. The van der Waals surface area contributed by atoms with Gasteiger partial charge in [0.25, 0.3) is 0 Å². The normalized spacial score (nSPS) is 11.3. The number of halogens is 1. The number of nitrogens with zero attached hydrogens (tertiary/aromatic N) is 3. The third kappa shape index (κ3) is 2.55. The Kier molecular flexibility index (Phi) is 4.39. The lowest BCUT2D eigenvalue weighted by molar-refractivity contribution is 0.0519. The maximum Gasteiger partial charge on any atom is 0.357 e. The SMILES string of the molecule is CCOC(=O)c1cc(C(C)C)n2nc(CO)c(Br)c2n1. The molecule has 2 rings (SSSR count). The van der Waals surface area contributed by atoms with Crippen LogP contribution in [0.5, 0.6) is 0 Å². The first-order valence-electron chi connectivity index (χ1n) is 6.35. The number of aliphatic hydroxyl groups excluding tert-OH is 1. The van der Waals surface area contributed by atoms with Crippen LogP contribution in [-0.2, 0) is 11.3 Å². The van der Waals surface area contributed by atoms with E-state index in [1.165, 1.54) is 0 Å². The van der Waals surface area contributed by atoms with Gasteiger partial charge in [-0.05, 0) is 34.8 Å². The van der Waals surface area contributed by atoms with Gasteiger partial charge in [-0.1, -0.05) is 13.8 Å². The number of hydrogen-bond acceptors (Lipinski definition) is 5. The summed E-state index contributed by atoms with van der Waals surface area (Å²) in [5, 5.41) is 13.6. The molecule has 0 aromatic carbocycles. The number of aromatic nitrogens is 3. The smallest absolute Gasteiger partial charge is 0.357 e. The number of carbonyl (C=O) groups is 1. The molecular formula is C13H16BrN3O3. The molecule has 20 heavy (non-hydrogen) atoms. The molecular weight excluding hydrogens is 326 g/mol. The Morgan fingerprint density at radius 3 is 2.80 bits per heavy atom. The molecule has 0 saturated carbocycles. The van der Waals surface area contributed by atoms with E-state index in [1.54, 1.807) is 17.5 Å². The summed E-state index contributed by atoms with van der Waals surface area (Å²) in [6.07, 6.45) is 0. The molecule has 0 radical (unpaired) electrons. The fourth-order valence-electron chi connectivity index (χ4n) is 1.88. The third-order valence-corrected chi connectivity index (χ3v) is 3.66. The highest BCUT2D eigenvalue weighted by molar-refractivity contribution is 9.10. The van der Waals surface area contributed by atoms with Crippen LogP contribution in [0, 0.1) is 0 Å². The van der Waals surface area contributed by atoms with Crippen molar-refractivity contribution in [3.05, 3.63) is 27.6 Å². The molecule has 2 heterocycles. The van der Waals surface area contributed by atoms with Gasteiger partial charge in [0.05, 0.1) is 17.7 Å². The number of aliphatic hydroxyl groups is 1. The molecule has 2 aromatic rings. The van der Waals surface area contributed by atoms with Crippen molar-refractivity contribution in [3.8, 4) is 0 Å². The average Bonchev–Trinajstić information content (AvgIpc) is 2.74. The minimum Gasteiger partial charge on any atom is -0.461 e. The van der Waals surface area contributed by atoms with E-state index in [-0.39, 0.29) is 18.2 Å². The van der Waals surface area contributed by atoms with Crippen molar-refractivity contribution in [1.29, 1.82) is 0 Å². The molecule has 0 bridgehead atoms. The van der Waals surface area contributed by atoms with Gasteiger partial charge in [0, 0.05) is 5.69 Å². The summed E-state index contributed by atoms with van der Waals surface area (Å²) < 4.78 is 7.22. The van der Waals surface area contributed by atoms with Crippen molar-refractivity contribution in [2.75, 3.05) is 6.61 Å². The van der Waals surface area contributed by atoms with Crippen molar-refractivity contribution < 1.29 is 14.6 Å². The summed E-state index contributed by atoms with van der Waals surface area (Å²) >= 11 is 3.36. The zero-order chi connectivity index (χ0) is 14.9. The summed E-state index contributed by atoms with van der Waals surface area (Å²) in [7, 11) is 0. The van der Waals surface area contributed by atoms with Crippen LogP contribution in [0.25, 0.3) is 5.65 Å². The predicted molar refractivity (Wildman–Crippen MR) is 76.7 cm³/mol. The standard InChI is InChI=1S/C13H16BrN3O3/c1-4-20-13(19)8-5-10(7(2)3)17-12(15-8)11(14)9(6-18)16-17/h5,7,18H,4,6H2,1-3H3. The van der Waals surface area contributed by atoms with Gasteiger partial charge in [-0.3, -0.25) is 0 Å². The Hall–Kier alpha value is -1.47. The van der Waals surface area contributed by atoms with Gasteiger partial charge < -0.3 is 9.84 Å². The third-order valence-electron chi connectivity index (χ3n) is 2.85. The first kappa shape index (κ1) is 14.9. The van der Waals surface area contributed by atoms with Crippen molar-refractivity contribution in [3.63, 3.8) is 0 Å². The van der Waals surface area contributed by atoms with E-state index in [0.717, 1.165) is 5.69 Å². The van der Waals surface area contributed by atoms with Crippen LogP contribution in [0.2, 0.25) is 0 Å². The van der Waals surface area contributed by atoms with Crippen LogP contribution in [0.4, 0.5) is 0 Å². The first-order chi connectivity index (χ1) is 9.49. The molecule has 2 aromatic heterocycles. The van der Waals surface area contributed by atoms with Gasteiger partial charge in [0.15, 0.2) is 11.3 Å². The zero-order valence-electron chi connectivity index (χ0n) is 11.6. The monoisotopic (exact) mass is 341 g/mol. The van der Waals surface area contributed by atoms with E-state index >= 15 is 0 Å². The lowest BCUT2D eigenvalue weighted by Gasteiger charge is -2.10. The quantitative estimate of drug-likeness (QED) is 0.863. The summed E-state index contributed by atoms with van der Waals surface area (Å²) in [4.78, 5) is 16.1. The Morgan fingerprint density at radius 1 is 1.55 bits per heavy atom. The van der Waals surface area contributed by atoms with E-state index < -0.39 is 5.97 Å². The van der Waals surface area contributed by atoms with Crippen molar-refractivity contribution in [2.24, 2.45) is 0 Å². The molecule has 0 atom stereocenters. The van der Waals surface area contributed by atoms with Gasteiger partial charge in [0.1, 0.15) is 5.69 Å². The second-order valence-electron chi connectivity index (χ2n) is 4.60. The van der Waals surface area contributed by atoms with Crippen molar-refractivity contribution in [2.45, 2.75) is 33.3 Å². The largest absolute Gasteiger partial charge is 0.461 e. The maximum atomic E-state index is 11.9. The van der Waals surface area contributed by atoms with Gasteiger partial charge in [-0.15, -0.1) is 0 Å². The molecule has 0 aliphatic rings. The van der Waals surface area contributed by atoms with Crippen LogP contribution in [0.15, 0.2) is 10.5 Å². The molecule has 0 aliphatic heterocycles. The molecule has 0 saturated heterocycles. The Labute approximate surface area is 124 Å². The Morgan fingerprint density at radius 2 is 2.25 bits per heavy atom. The van der Waals surface area contributed by atoms with Crippen LogP contribution < -0.4 is 0 Å². The lowest BCUT2D eigenvalue weighted by Crippen LogP contribution is -2.11. The second-order valence-corrected chi connectivity index (χ2v) is 5.39. The summed E-state index contributed by atoms with van der Waals surface area (Å²) in [5.74, 6) is -0.317. The number of ether oxygens (including phenoxy) is 1. The van der Waals surface area contributed by atoms with E-state index in [0.29, 0.717) is 22.4 Å². The summed E-state index contributed by atoms with van der Waals surface area (Å²) in [5.41, 5.74) is 2.07. The molecule has 7 heteroatoms. The van der Waals surface area contributed by atoms with E-state index in [9.17, 15) is 9.90 Å². The van der Waals surface area contributed by atoms with Gasteiger partial charge >= 0.3 is 5.97 Å². The number of hydrogen-bond donors (Lipinski definition) is 1. The topological polar surface area (TPSA) is 76.7 Å². The number of esters is 1. The minimum atomic E-state index is -0.462. The molecule has 6 nitrogen and oxygen atoms in total. The molecule has 1 N–H and O–H groups in total. The zero-order valence-corrected chi connectivity index (χ0v) is 13.1. The average molecular weight is 342 g/mol. The van der Waals surface area contributed by atoms with Crippen LogP contribution in [-0.4, -0.2) is 32.3 Å². The molecule has 0 fully saturated rings. The Balaban J connectivity index is 2.69. The number of carbonyl (C=O) groups excluding carboxylic acids is 1. The van der Waals surface area contributed by atoms with Gasteiger partial charge in [0.2, 0.25) is 0 Å². The summed E-state index contributed by atoms with van der Waals surface area (Å²) in [6.45, 7) is 5.84. The van der Waals surface area contributed by atoms with Crippen LogP contribution in [0.3, 0.4) is 0 Å².